The Morgan fingerprint density at radius 3 is 2.33 bits per heavy atom. The van der Waals surface area contributed by atoms with Crippen molar-refractivity contribution in [3.05, 3.63) is 100 Å². The highest BCUT2D eigenvalue weighted by Gasteiger charge is 2.68. The second kappa shape index (κ2) is 10.1. The summed E-state index contributed by atoms with van der Waals surface area (Å²) in [4.78, 5) is 69.7. The monoisotopic (exact) mass is 607 g/mol. The fourth-order valence-electron chi connectivity index (χ4n) is 8.07. The van der Waals surface area contributed by atoms with E-state index in [1.807, 2.05) is 6.08 Å². The van der Waals surface area contributed by atoms with Gasteiger partial charge in [-0.1, -0.05) is 35.9 Å². The average molecular weight is 608 g/mol. The molecule has 0 radical (unpaired) electrons. The number of allylic oxidation sites excluding steroid dienone is 2. The van der Waals surface area contributed by atoms with E-state index in [-0.39, 0.29) is 30.0 Å². The lowest BCUT2D eigenvalue weighted by atomic mass is 9.51. The number of aromatic hydroxyl groups is 1. The number of amides is 4. The number of carbonyl (C=O) groups excluding carboxylic acids is 4. The van der Waals surface area contributed by atoms with Crippen LogP contribution in [0.5, 0.6) is 11.5 Å². The molecule has 2 saturated heterocycles. The SMILES string of the molecule is COc1ccc(O)c([C@H]2C3=CC[C@@H]4C(=O)N(c5cccc([N+](=O)[O-])c5)C(=O)[C@@H]4[C@@H]3C[C@H]3C(=O)N(c4ccccc4)C(=O)[C@@]23C)c1. The molecule has 45 heavy (non-hydrogen) atoms. The number of nitro groups is 1. The maximum Gasteiger partial charge on any atom is 0.271 e. The number of rotatable bonds is 5. The van der Waals surface area contributed by atoms with Crippen molar-refractivity contribution >= 4 is 40.7 Å². The van der Waals surface area contributed by atoms with Gasteiger partial charge in [-0.25, -0.2) is 9.80 Å². The standard InChI is InChI=1S/C34H29N3O8/c1-34-26(31(40)36(33(34)42)18-7-4-3-5-8-18)17-24-22(29(34)25-16-21(45-2)11-14-27(25)38)12-13-23-28(24)32(41)35(30(23)39)19-9-6-10-20(15-19)37(43)44/h3-12,14-16,23-24,26,28-29,38H,13,17H2,1-2H3/t23-,24+,26-,28-,29+,34+/m0/s1. The second-order valence-corrected chi connectivity index (χ2v) is 12.2. The van der Waals surface area contributed by atoms with Gasteiger partial charge in [0.25, 0.3) is 5.69 Å². The van der Waals surface area contributed by atoms with Crippen LogP contribution in [-0.4, -0.2) is 40.8 Å². The largest absolute Gasteiger partial charge is 0.508 e. The number of methoxy groups -OCH3 is 1. The molecule has 2 heterocycles. The van der Waals surface area contributed by atoms with Crippen LogP contribution in [-0.2, 0) is 19.2 Å². The number of non-ortho nitro benzene ring substituents is 1. The summed E-state index contributed by atoms with van der Waals surface area (Å²) in [6.07, 6.45) is 2.21. The Morgan fingerprint density at radius 2 is 1.62 bits per heavy atom. The number of phenolic OH excluding ortho intramolecular Hbond substituents is 1. The van der Waals surface area contributed by atoms with Crippen LogP contribution in [0.25, 0.3) is 0 Å². The molecule has 11 heteroatoms. The van der Waals surface area contributed by atoms with Crippen molar-refractivity contribution in [1.82, 2.24) is 0 Å². The van der Waals surface area contributed by atoms with E-state index in [1.54, 1.807) is 49.4 Å². The van der Waals surface area contributed by atoms with E-state index in [4.69, 9.17) is 4.74 Å². The van der Waals surface area contributed by atoms with Crippen LogP contribution in [0.1, 0.15) is 31.2 Å². The van der Waals surface area contributed by atoms with E-state index in [1.165, 1.54) is 42.3 Å². The number of para-hydroxylation sites is 1. The van der Waals surface area contributed by atoms with Gasteiger partial charge in [-0.3, -0.25) is 29.3 Å². The van der Waals surface area contributed by atoms with Gasteiger partial charge >= 0.3 is 0 Å². The zero-order valence-corrected chi connectivity index (χ0v) is 24.5. The summed E-state index contributed by atoms with van der Waals surface area (Å²) < 4.78 is 5.46. The molecule has 0 unspecified atom stereocenters. The zero-order chi connectivity index (χ0) is 31.8. The average Bonchev–Trinajstić information content (AvgIpc) is 3.41. The van der Waals surface area contributed by atoms with E-state index in [0.717, 1.165) is 4.90 Å². The zero-order valence-electron chi connectivity index (χ0n) is 24.5. The summed E-state index contributed by atoms with van der Waals surface area (Å²) in [5, 5.41) is 22.7. The van der Waals surface area contributed by atoms with Gasteiger partial charge in [-0.05, 0) is 62.1 Å². The van der Waals surface area contributed by atoms with Crippen molar-refractivity contribution in [2.45, 2.75) is 25.7 Å². The van der Waals surface area contributed by atoms with Gasteiger partial charge in [0.15, 0.2) is 0 Å². The van der Waals surface area contributed by atoms with Gasteiger partial charge in [0.2, 0.25) is 23.6 Å². The van der Waals surface area contributed by atoms with Crippen LogP contribution in [0, 0.1) is 39.2 Å². The Kier molecular flexibility index (Phi) is 6.40. The van der Waals surface area contributed by atoms with Crippen LogP contribution in [0.4, 0.5) is 17.1 Å². The van der Waals surface area contributed by atoms with Crippen molar-refractivity contribution in [2.75, 3.05) is 16.9 Å². The molecule has 0 bridgehead atoms. The molecule has 6 atom stereocenters. The molecule has 1 N–H and O–H groups in total. The van der Waals surface area contributed by atoms with E-state index in [9.17, 15) is 34.4 Å². The first-order valence-electron chi connectivity index (χ1n) is 14.7. The minimum absolute atomic E-state index is 0.0881. The highest BCUT2D eigenvalue weighted by molar-refractivity contribution is 6.25. The second-order valence-electron chi connectivity index (χ2n) is 12.2. The Morgan fingerprint density at radius 1 is 0.889 bits per heavy atom. The van der Waals surface area contributed by atoms with Gasteiger partial charge in [0.1, 0.15) is 11.5 Å². The van der Waals surface area contributed by atoms with Gasteiger partial charge < -0.3 is 9.84 Å². The summed E-state index contributed by atoms with van der Waals surface area (Å²) in [7, 11) is 1.49. The molecular formula is C34H29N3O8. The number of carbonyl (C=O) groups is 4. The summed E-state index contributed by atoms with van der Waals surface area (Å²) in [5.74, 6) is -5.31. The van der Waals surface area contributed by atoms with E-state index < -0.39 is 63.6 Å². The summed E-state index contributed by atoms with van der Waals surface area (Å²) in [6, 6.07) is 18.8. The first kappa shape index (κ1) is 28.5. The lowest BCUT2D eigenvalue weighted by molar-refractivity contribution is -0.384. The highest BCUT2D eigenvalue weighted by Crippen LogP contribution is 2.64. The number of hydrogen-bond donors (Lipinski definition) is 1. The maximum absolute atomic E-state index is 14.4. The van der Waals surface area contributed by atoms with Crippen LogP contribution < -0.4 is 14.5 Å². The van der Waals surface area contributed by atoms with E-state index in [0.29, 0.717) is 22.6 Å². The van der Waals surface area contributed by atoms with Crippen molar-refractivity contribution in [3.8, 4) is 11.5 Å². The molecule has 3 aromatic rings. The van der Waals surface area contributed by atoms with E-state index in [2.05, 4.69) is 0 Å². The van der Waals surface area contributed by atoms with Crippen LogP contribution in [0.2, 0.25) is 0 Å². The number of fused-ring (bicyclic) bond motifs is 4. The minimum atomic E-state index is -1.32. The highest BCUT2D eigenvalue weighted by atomic mass is 16.6. The number of nitro benzene ring substituents is 1. The molecule has 3 aromatic carbocycles. The topological polar surface area (TPSA) is 147 Å². The van der Waals surface area contributed by atoms with Gasteiger partial charge in [-0.15, -0.1) is 0 Å². The van der Waals surface area contributed by atoms with Crippen molar-refractivity contribution in [3.63, 3.8) is 0 Å². The molecule has 4 aliphatic rings. The molecule has 3 fully saturated rings. The third-order valence-electron chi connectivity index (χ3n) is 10.1. The summed E-state index contributed by atoms with van der Waals surface area (Å²) in [5.41, 5.74) is 0.0592. The Balaban J connectivity index is 1.37. The molecule has 0 spiro atoms. The van der Waals surface area contributed by atoms with Crippen LogP contribution in [0.3, 0.4) is 0 Å². The molecule has 0 aromatic heterocycles. The Bertz CT molecular complexity index is 1840. The number of anilines is 2. The molecular weight excluding hydrogens is 578 g/mol. The van der Waals surface area contributed by atoms with Crippen molar-refractivity contribution < 1.29 is 33.9 Å². The van der Waals surface area contributed by atoms with Gasteiger partial charge in [-0.2, -0.15) is 0 Å². The van der Waals surface area contributed by atoms with Gasteiger partial charge in [0.05, 0.1) is 46.6 Å². The number of hydrogen-bond acceptors (Lipinski definition) is 8. The smallest absolute Gasteiger partial charge is 0.271 e. The predicted octanol–water partition coefficient (Wildman–Crippen LogP) is 4.74. The van der Waals surface area contributed by atoms with Crippen molar-refractivity contribution in [1.29, 1.82) is 0 Å². The minimum Gasteiger partial charge on any atom is -0.508 e. The van der Waals surface area contributed by atoms with Gasteiger partial charge in [0, 0.05) is 23.6 Å². The van der Waals surface area contributed by atoms with E-state index >= 15 is 0 Å². The molecule has 7 rings (SSSR count). The quantitative estimate of drug-likeness (QED) is 0.189. The molecule has 4 amide bonds. The molecule has 1 saturated carbocycles. The number of imide groups is 2. The number of ether oxygens (including phenoxy) is 1. The summed E-state index contributed by atoms with van der Waals surface area (Å²) in [6.45, 7) is 1.74. The lowest BCUT2D eigenvalue weighted by Crippen LogP contribution is -2.48. The first-order chi connectivity index (χ1) is 21.6. The number of phenols is 1. The molecule has 2 aliphatic carbocycles. The van der Waals surface area contributed by atoms with Crippen LogP contribution in [0.15, 0.2) is 84.4 Å². The normalized spacial score (nSPS) is 28.8. The molecule has 228 valence electrons. The maximum atomic E-state index is 14.4. The fraction of sp³-hybridized carbons (Fsp3) is 0.294. The number of nitrogens with zero attached hydrogens (tertiary/aromatic N) is 3. The van der Waals surface area contributed by atoms with Crippen molar-refractivity contribution in [2.24, 2.45) is 29.1 Å². The predicted molar refractivity (Wildman–Crippen MR) is 161 cm³/mol. The number of benzene rings is 3. The third-order valence-corrected chi connectivity index (χ3v) is 10.1. The third kappa shape index (κ3) is 3.96. The fourth-order valence-corrected chi connectivity index (χ4v) is 8.07. The molecule has 11 nitrogen and oxygen atoms in total. The molecule has 2 aliphatic heterocycles. The Hall–Kier alpha value is -5.32. The summed E-state index contributed by atoms with van der Waals surface area (Å²) >= 11 is 0. The lowest BCUT2D eigenvalue weighted by Gasteiger charge is -2.49. The van der Waals surface area contributed by atoms with Crippen LogP contribution >= 0.6 is 0 Å². The Labute approximate surface area is 257 Å². The first-order valence-corrected chi connectivity index (χ1v) is 14.7.